The van der Waals surface area contributed by atoms with E-state index in [2.05, 4.69) is 132 Å². The fraction of sp³-hybridized carbons (Fsp3) is 0.550. The number of nitrogens with zero attached hydrogens (tertiary/aromatic N) is 2. The largest absolute Gasteiger partial charge is 0.368 e. The van der Waals surface area contributed by atoms with E-state index in [0.29, 0.717) is 11.5 Å². The number of hydrogen-bond donors (Lipinski definition) is 0. The lowest BCUT2D eigenvalue weighted by Gasteiger charge is -2.46. The van der Waals surface area contributed by atoms with E-state index in [4.69, 9.17) is 0 Å². The maximum atomic E-state index is 2.76. The summed E-state index contributed by atoms with van der Waals surface area (Å²) < 4.78 is 0. The summed E-state index contributed by atoms with van der Waals surface area (Å²) >= 11 is 0. The van der Waals surface area contributed by atoms with Gasteiger partial charge >= 0.3 is 0 Å². The Hall–Kier alpha value is -2.74. The normalized spacial score (nSPS) is 18.5. The van der Waals surface area contributed by atoms with E-state index in [1.165, 1.54) is 105 Å². The molecule has 2 heteroatoms. The maximum Gasteiger partial charge on any atom is 0.0645 e. The van der Waals surface area contributed by atoms with Gasteiger partial charge in [0.25, 0.3) is 0 Å². The molecular formula is C40H60N2. The van der Waals surface area contributed by atoms with E-state index in [0.717, 1.165) is 0 Å². The van der Waals surface area contributed by atoms with Crippen molar-refractivity contribution in [2.75, 3.05) is 29.4 Å². The average Bonchev–Trinajstić information content (AvgIpc) is 3.24. The van der Waals surface area contributed by atoms with Crippen LogP contribution in [0.25, 0.3) is 0 Å². The monoisotopic (exact) mass is 568 g/mol. The third kappa shape index (κ3) is 8.65. The van der Waals surface area contributed by atoms with Crippen molar-refractivity contribution in [1.29, 1.82) is 0 Å². The van der Waals surface area contributed by atoms with Gasteiger partial charge in [-0.2, -0.15) is 0 Å². The Balaban J connectivity index is 0.000000202. The van der Waals surface area contributed by atoms with Gasteiger partial charge in [-0.1, -0.05) is 131 Å². The first kappa shape index (κ1) is 33.8. The smallest absolute Gasteiger partial charge is 0.0645 e. The van der Waals surface area contributed by atoms with E-state index < -0.39 is 0 Å². The van der Waals surface area contributed by atoms with Crippen LogP contribution in [0.3, 0.4) is 0 Å². The second kappa shape index (κ2) is 16.8. The topological polar surface area (TPSA) is 6.48 Å². The first-order chi connectivity index (χ1) is 20.3. The number of aryl methyl sites for hydroxylation is 4. The van der Waals surface area contributed by atoms with Crippen molar-refractivity contribution >= 4 is 11.4 Å². The highest BCUT2D eigenvalue weighted by Gasteiger charge is 2.49. The minimum absolute atomic E-state index is 0.318. The number of anilines is 2. The number of para-hydroxylation sites is 1. The fourth-order valence-corrected chi connectivity index (χ4v) is 6.89. The van der Waals surface area contributed by atoms with E-state index in [1.807, 2.05) is 0 Å². The minimum atomic E-state index is 0.318. The third-order valence-electron chi connectivity index (χ3n) is 9.35. The SMILES string of the molecule is CCCCCc1ccc(C)cc1.CCCCN1CCN2c3c(cccc31)C(CC)C2(C)CCC.Cc1ccc(C)cc1. The predicted molar refractivity (Wildman–Crippen MR) is 188 cm³/mol. The molecule has 0 radical (unpaired) electrons. The van der Waals surface area contributed by atoms with Crippen molar-refractivity contribution in [3.05, 3.63) is 94.5 Å². The lowest BCUT2D eigenvalue weighted by atomic mass is 9.79. The van der Waals surface area contributed by atoms with Crippen molar-refractivity contribution in [2.24, 2.45) is 0 Å². The summed E-state index contributed by atoms with van der Waals surface area (Å²) in [6.45, 7) is 21.7. The Kier molecular flexibility index (Phi) is 13.5. The van der Waals surface area contributed by atoms with E-state index >= 15 is 0 Å². The van der Waals surface area contributed by atoms with Gasteiger partial charge in [0.2, 0.25) is 0 Å². The first-order valence-corrected chi connectivity index (χ1v) is 17.0. The van der Waals surface area contributed by atoms with E-state index in [1.54, 1.807) is 11.3 Å². The summed E-state index contributed by atoms with van der Waals surface area (Å²) in [5, 5.41) is 0. The summed E-state index contributed by atoms with van der Waals surface area (Å²) in [6.07, 6.45) is 11.6. The molecule has 2 aliphatic heterocycles. The zero-order chi connectivity index (χ0) is 30.5. The fourth-order valence-electron chi connectivity index (χ4n) is 6.89. The molecule has 2 atom stereocenters. The Labute approximate surface area is 259 Å². The van der Waals surface area contributed by atoms with Crippen LogP contribution in [-0.2, 0) is 6.42 Å². The second-order valence-corrected chi connectivity index (χ2v) is 12.9. The summed E-state index contributed by atoms with van der Waals surface area (Å²) in [6, 6.07) is 24.4. The molecule has 0 aromatic heterocycles. The molecule has 2 heterocycles. The van der Waals surface area contributed by atoms with Gasteiger partial charge in [0, 0.05) is 31.1 Å². The lowest BCUT2D eigenvalue weighted by molar-refractivity contribution is 0.334. The Bertz CT molecular complexity index is 1160. The summed E-state index contributed by atoms with van der Waals surface area (Å²) in [4.78, 5) is 5.39. The highest BCUT2D eigenvalue weighted by atomic mass is 15.3. The van der Waals surface area contributed by atoms with Crippen LogP contribution in [0.2, 0.25) is 0 Å². The molecule has 0 saturated carbocycles. The molecule has 0 fully saturated rings. The van der Waals surface area contributed by atoms with Gasteiger partial charge < -0.3 is 9.80 Å². The molecule has 0 spiro atoms. The van der Waals surface area contributed by atoms with Crippen molar-refractivity contribution in [3.8, 4) is 0 Å². The van der Waals surface area contributed by atoms with Crippen LogP contribution in [-0.4, -0.2) is 25.2 Å². The van der Waals surface area contributed by atoms with Gasteiger partial charge in [-0.3, -0.25) is 0 Å². The number of unbranched alkanes of at least 4 members (excludes halogenated alkanes) is 3. The first-order valence-electron chi connectivity index (χ1n) is 17.0. The molecule has 2 unspecified atom stereocenters. The van der Waals surface area contributed by atoms with Crippen LogP contribution < -0.4 is 9.80 Å². The number of rotatable bonds is 10. The molecule has 2 aliphatic rings. The van der Waals surface area contributed by atoms with Crippen LogP contribution in [0.1, 0.15) is 120 Å². The van der Waals surface area contributed by atoms with Crippen molar-refractivity contribution in [2.45, 2.75) is 125 Å². The van der Waals surface area contributed by atoms with Crippen molar-refractivity contribution in [1.82, 2.24) is 0 Å². The van der Waals surface area contributed by atoms with Crippen molar-refractivity contribution in [3.63, 3.8) is 0 Å². The van der Waals surface area contributed by atoms with Gasteiger partial charge in [0.05, 0.1) is 11.4 Å². The molecule has 0 bridgehead atoms. The zero-order valence-corrected chi connectivity index (χ0v) is 28.3. The van der Waals surface area contributed by atoms with Crippen LogP contribution >= 0.6 is 0 Å². The van der Waals surface area contributed by atoms with Gasteiger partial charge in [0.1, 0.15) is 0 Å². The quantitative estimate of drug-likeness (QED) is 0.224. The molecule has 5 rings (SSSR count). The molecule has 0 aliphatic carbocycles. The van der Waals surface area contributed by atoms with E-state index in [-0.39, 0.29) is 0 Å². The summed E-state index contributed by atoms with van der Waals surface area (Å²) in [5.74, 6) is 0.688. The molecule has 230 valence electrons. The highest BCUT2D eigenvalue weighted by molar-refractivity contribution is 5.81. The average molecular weight is 569 g/mol. The van der Waals surface area contributed by atoms with Crippen molar-refractivity contribution < 1.29 is 0 Å². The number of benzene rings is 3. The molecule has 3 aromatic carbocycles. The van der Waals surface area contributed by atoms with Gasteiger partial charge in [-0.25, -0.2) is 0 Å². The lowest BCUT2D eigenvalue weighted by Crippen LogP contribution is -2.51. The molecule has 42 heavy (non-hydrogen) atoms. The maximum absolute atomic E-state index is 2.76. The minimum Gasteiger partial charge on any atom is -0.368 e. The summed E-state index contributed by atoms with van der Waals surface area (Å²) in [7, 11) is 0. The molecule has 0 saturated heterocycles. The Morgan fingerprint density at radius 2 is 1.29 bits per heavy atom. The number of hydrogen-bond acceptors (Lipinski definition) is 2. The van der Waals surface area contributed by atoms with Gasteiger partial charge in [-0.05, 0) is 77.0 Å². The summed E-state index contributed by atoms with van der Waals surface area (Å²) in [5.41, 5.74) is 10.5. The molecule has 0 amide bonds. The van der Waals surface area contributed by atoms with Crippen LogP contribution in [0, 0.1) is 20.8 Å². The third-order valence-corrected chi connectivity index (χ3v) is 9.35. The molecule has 2 nitrogen and oxygen atoms in total. The Morgan fingerprint density at radius 1 is 0.690 bits per heavy atom. The van der Waals surface area contributed by atoms with E-state index in [9.17, 15) is 0 Å². The second-order valence-electron chi connectivity index (χ2n) is 12.9. The highest BCUT2D eigenvalue weighted by Crippen LogP contribution is 2.55. The Morgan fingerprint density at radius 3 is 1.83 bits per heavy atom. The molecular weight excluding hydrogens is 508 g/mol. The van der Waals surface area contributed by atoms with Gasteiger partial charge in [-0.15, -0.1) is 0 Å². The van der Waals surface area contributed by atoms with Crippen LogP contribution in [0.5, 0.6) is 0 Å². The van der Waals surface area contributed by atoms with Crippen LogP contribution in [0.4, 0.5) is 11.4 Å². The molecule has 0 N–H and O–H groups in total. The van der Waals surface area contributed by atoms with Crippen LogP contribution in [0.15, 0.2) is 66.7 Å². The van der Waals surface area contributed by atoms with Gasteiger partial charge in [0.15, 0.2) is 0 Å². The zero-order valence-electron chi connectivity index (χ0n) is 28.3. The standard InChI is InChI=1S/C20H32N2.C12H18.C8H10/c1-5-8-13-21-14-15-22-19-16(10-9-11-18(19)21)17(7-3)20(22,4)12-6-2;1-3-4-5-6-12-9-7-11(2)8-10-12;1-7-3-5-8(2)6-4-7/h9-11,17H,5-8,12-15H2,1-4H3;7-10H,3-6H2,1-2H3;3-6H,1-2H3. The molecule has 3 aromatic rings. The predicted octanol–water partition coefficient (Wildman–Crippen LogP) is 11.2.